The molecule has 0 aliphatic rings. The number of hydrogen-bond donors (Lipinski definition) is 0. The predicted molar refractivity (Wildman–Crippen MR) is 47.5 cm³/mol. The number of rotatable bonds is 3. The van der Waals surface area contributed by atoms with Crippen LogP contribution in [0.15, 0.2) is 12.1 Å². The minimum atomic E-state index is -1.15. The van der Waals surface area contributed by atoms with E-state index >= 15 is 0 Å². The first kappa shape index (κ1) is 10.6. The smallest absolute Gasteiger partial charge is 0.173 e. The van der Waals surface area contributed by atoms with E-state index in [1.54, 1.807) is 6.92 Å². The molecule has 0 unspecified atom stereocenters. The molecule has 0 fully saturated rings. The maximum atomic E-state index is 13.2. The van der Waals surface area contributed by atoms with Gasteiger partial charge in [0.1, 0.15) is 5.75 Å². The van der Waals surface area contributed by atoms with Crippen LogP contribution in [0.25, 0.3) is 0 Å². The first-order valence-corrected chi connectivity index (χ1v) is 4.19. The van der Waals surface area contributed by atoms with Gasteiger partial charge in [-0.05, 0) is 26.0 Å². The summed E-state index contributed by atoms with van der Waals surface area (Å²) in [5.41, 5.74) is -0.327. The Morgan fingerprint density at radius 3 is 2.57 bits per heavy atom. The summed E-state index contributed by atoms with van der Waals surface area (Å²) in [4.78, 5) is 11.0. The lowest BCUT2D eigenvalue weighted by Gasteiger charge is -2.08. The molecule has 0 aromatic heterocycles. The molecule has 0 radical (unpaired) electrons. The minimum absolute atomic E-state index is 0.0823. The van der Waals surface area contributed by atoms with Gasteiger partial charge in [0, 0.05) is 0 Å². The van der Waals surface area contributed by atoms with Gasteiger partial charge in [-0.15, -0.1) is 0 Å². The molecule has 14 heavy (non-hydrogen) atoms. The van der Waals surface area contributed by atoms with Gasteiger partial charge in [0.25, 0.3) is 0 Å². The van der Waals surface area contributed by atoms with Crippen molar-refractivity contribution in [1.82, 2.24) is 0 Å². The zero-order valence-electron chi connectivity index (χ0n) is 7.93. The van der Waals surface area contributed by atoms with Crippen LogP contribution in [0.5, 0.6) is 5.75 Å². The minimum Gasteiger partial charge on any atom is -0.493 e. The molecule has 0 atom stereocenters. The van der Waals surface area contributed by atoms with Gasteiger partial charge in [-0.3, -0.25) is 4.79 Å². The monoisotopic (exact) mass is 200 g/mol. The lowest BCUT2D eigenvalue weighted by molar-refractivity contribution is 0.100. The summed E-state index contributed by atoms with van der Waals surface area (Å²) in [6.07, 6.45) is 0. The average molecular weight is 200 g/mol. The van der Waals surface area contributed by atoms with Crippen LogP contribution in [0.1, 0.15) is 24.2 Å². The second-order valence-corrected chi connectivity index (χ2v) is 2.72. The van der Waals surface area contributed by atoms with Crippen molar-refractivity contribution in [3.05, 3.63) is 29.3 Å². The van der Waals surface area contributed by atoms with E-state index < -0.39 is 17.4 Å². The molecule has 1 aromatic rings. The van der Waals surface area contributed by atoms with Gasteiger partial charge in [-0.2, -0.15) is 0 Å². The molecule has 0 saturated heterocycles. The molecular weight excluding hydrogens is 190 g/mol. The first-order valence-electron chi connectivity index (χ1n) is 4.19. The third-order valence-corrected chi connectivity index (χ3v) is 1.71. The topological polar surface area (TPSA) is 26.3 Å². The van der Waals surface area contributed by atoms with Crippen molar-refractivity contribution in [2.75, 3.05) is 6.61 Å². The van der Waals surface area contributed by atoms with Gasteiger partial charge in [0.15, 0.2) is 17.4 Å². The molecule has 76 valence electrons. The fraction of sp³-hybridized carbons (Fsp3) is 0.300. The highest BCUT2D eigenvalue weighted by molar-refractivity contribution is 5.97. The Kier molecular flexibility index (Phi) is 3.17. The number of carbonyl (C=O) groups is 1. The summed E-state index contributed by atoms with van der Waals surface area (Å²) in [6.45, 7) is 3.16. The van der Waals surface area contributed by atoms with E-state index in [-0.39, 0.29) is 11.3 Å². The third-order valence-electron chi connectivity index (χ3n) is 1.71. The van der Waals surface area contributed by atoms with Gasteiger partial charge in [-0.1, -0.05) is 0 Å². The fourth-order valence-corrected chi connectivity index (χ4v) is 1.14. The van der Waals surface area contributed by atoms with E-state index in [1.165, 1.54) is 13.0 Å². The van der Waals surface area contributed by atoms with E-state index in [1.807, 2.05) is 0 Å². The Bertz CT molecular complexity index is 361. The zero-order chi connectivity index (χ0) is 10.7. The van der Waals surface area contributed by atoms with E-state index in [9.17, 15) is 13.6 Å². The number of hydrogen-bond acceptors (Lipinski definition) is 2. The fourth-order valence-electron chi connectivity index (χ4n) is 1.14. The van der Waals surface area contributed by atoms with Crippen molar-refractivity contribution < 1.29 is 18.3 Å². The highest BCUT2D eigenvalue weighted by Gasteiger charge is 2.17. The maximum absolute atomic E-state index is 13.2. The van der Waals surface area contributed by atoms with E-state index in [0.717, 1.165) is 6.07 Å². The molecule has 0 saturated carbocycles. The number of Topliss-reactive ketones (excluding diaryl/α,β-unsaturated/α-hetero) is 1. The summed E-state index contributed by atoms with van der Waals surface area (Å²) in [7, 11) is 0. The first-order chi connectivity index (χ1) is 6.57. The third kappa shape index (κ3) is 1.89. The van der Waals surface area contributed by atoms with Crippen molar-refractivity contribution in [1.29, 1.82) is 0 Å². The summed E-state index contributed by atoms with van der Waals surface area (Å²) < 4.78 is 30.9. The van der Waals surface area contributed by atoms with Crippen LogP contribution in [-0.4, -0.2) is 12.4 Å². The quantitative estimate of drug-likeness (QED) is 0.701. The Balaban J connectivity index is 3.30. The maximum Gasteiger partial charge on any atom is 0.173 e. The molecule has 1 rings (SSSR count). The summed E-state index contributed by atoms with van der Waals surface area (Å²) in [6, 6.07) is 2.19. The van der Waals surface area contributed by atoms with Crippen LogP contribution < -0.4 is 4.74 Å². The molecular formula is C10H10F2O2. The van der Waals surface area contributed by atoms with Crippen LogP contribution in [-0.2, 0) is 0 Å². The summed E-state index contributed by atoms with van der Waals surface area (Å²) in [5, 5.41) is 0. The van der Waals surface area contributed by atoms with Crippen LogP contribution in [0.3, 0.4) is 0 Å². The second-order valence-electron chi connectivity index (χ2n) is 2.72. The molecule has 0 N–H and O–H groups in total. The summed E-state index contributed by atoms with van der Waals surface area (Å²) in [5.74, 6) is -2.66. The average Bonchev–Trinajstić information content (AvgIpc) is 2.11. The molecule has 2 nitrogen and oxygen atoms in total. The summed E-state index contributed by atoms with van der Waals surface area (Å²) >= 11 is 0. The Labute approximate surface area is 80.5 Å². The van der Waals surface area contributed by atoms with Crippen molar-refractivity contribution in [3.8, 4) is 5.75 Å². The van der Waals surface area contributed by atoms with E-state index in [0.29, 0.717) is 6.61 Å². The van der Waals surface area contributed by atoms with Crippen molar-refractivity contribution >= 4 is 5.78 Å². The highest BCUT2D eigenvalue weighted by Crippen LogP contribution is 2.24. The molecule has 0 aliphatic carbocycles. The molecule has 0 heterocycles. The molecule has 1 aromatic carbocycles. The number of carbonyl (C=O) groups excluding carboxylic acids is 1. The number of halogens is 2. The number of benzene rings is 1. The Morgan fingerprint density at radius 2 is 2.07 bits per heavy atom. The van der Waals surface area contributed by atoms with Crippen molar-refractivity contribution in [3.63, 3.8) is 0 Å². The molecule has 0 bridgehead atoms. The van der Waals surface area contributed by atoms with Gasteiger partial charge in [0.05, 0.1) is 12.2 Å². The Morgan fingerprint density at radius 1 is 1.43 bits per heavy atom. The second kappa shape index (κ2) is 4.17. The highest BCUT2D eigenvalue weighted by atomic mass is 19.2. The van der Waals surface area contributed by atoms with Gasteiger partial charge >= 0.3 is 0 Å². The number of ether oxygens (including phenoxy) is 1. The Hall–Kier alpha value is -1.45. The van der Waals surface area contributed by atoms with E-state index in [4.69, 9.17) is 4.74 Å². The largest absolute Gasteiger partial charge is 0.493 e. The molecule has 0 amide bonds. The van der Waals surface area contributed by atoms with Gasteiger partial charge in [-0.25, -0.2) is 8.78 Å². The van der Waals surface area contributed by atoms with Crippen LogP contribution in [0.4, 0.5) is 8.78 Å². The standard InChI is InChI=1S/C10H10F2O2/c1-3-14-8-5-4-7(11)10(12)9(8)6(2)13/h4-5H,3H2,1-2H3. The zero-order valence-corrected chi connectivity index (χ0v) is 7.93. The van der Waals surface area contributed by atoms with Crippen LogP contribution in [0.2, 0.25) is 0 Å². The predicted octanol–water partition coefficient (Wildman–Crippen LogP) is 2.57. The van der Waals surface area contributed by atoms with Gasteiger partial charge in [0.2, 0.25) is 0 Å². The molecule has 4 heteroatoms. The lowest BCUT2D eigenvalue weighted by Crippen LogP contribution is -2.05. The van der Waals surface area contributed by atoms with Crippen LogP contribution >= 0.6 is 0 Å². The van der Waals surface area contributed by atoms with E-state index in [2.05, 4.69) is 0 Å². The normalized spacial score (nSPS) is 10.0. The molecule has 0 aliphatic heterocycles. The van der Waals surface area contributed by atoms with Crippen molar-refractivity contribution in [2.24, 2.45) is 0 Å². The van der Waals surface area contributed by atoms with Gasteiger partial charge < -0.3 is 4.74 Å². The number of ketones is 1. The molecule has 0 spiro atoms. The van der Waals surface area contributed by atoms with Crippen molar-refractivity contribution in [2.45, 2.75) is 13.8 Å². The SMILES string of the molecule is CCOc1ccc(F)c(F)c1C(C)=O. The van der Waals surface area contributed by atoms with Crippen LogP contribution in [0, 0.1) is 11.6 Å². The lowest BCUT2D eigenvalue weighted by atomic mass is 10.1.